The first-order valence-electron chi connectivity index (χ1n) is 10.2. The fourth-order valence-electron chi connectivity index (χ4n) is 3.71. The summed E-state index contributed by atoms with van der Waals surface area (Å²) in [6, 6.07) is 17.2. The lowest BCUT2D eigenvalue weighted by molar-refractivity contribution is 0.0293. The molecule has 2 aromatic carbocycles. The van der Waals surface area contributed by atoms with Crippen molar-refractivity contribution in [3.8, 4) is 17.0 Å². The van der Waals surface area contributed by atoms with E-state index in [9.17, 15) is 9.90 Å². The molecule has 6 heteroatoms. The molecule has 0 saturated carbocycles. The summed E-state index contributed by atoms with van der Waals surface area (Å²) in [5, 5.41) is 14.9. The Morgan fingerprint density at radius 1 is 1.17 bits per heavy atom. The highest BCUT2D eigenvalue weighted by Gasteiger charge is 2.30. The number of carbonyl (C=O) groups excluding carboxylic acids is 1. The highest BCUT2D eigenvalue weighted by molar-refractivity contribution is 5.94. The normalized spacial score (nSPS) is 16.6. The number of hydrogen-bond acceptors (Lipinski definition) is 5. The lowest BCUT2D eigenvalue weighted by Gasteiger charge is -2.24. The molecule has 4 rings (SSSR count). The van der Waals surface area contributed by atoms with Crippen LogP contribution < -0.4 is 5.32 Å². The Balaban J connectivity index is 1.60. The number of aromatic hydroxyl groups is 1. The highest BCUT2D eigenvalue weighted by Crippen LogP contribution is 2.33. The molecule has 0 spiro atoms. The third-order valence-corrected chi connectivity index (χ3v) is 5.10. The van der Waals surface area contributed by atoms with Crippen LogP contribution in [0.1, 0.15) is 27.2 Å². The molecular weight excluding hydrogens is 378 g/mol. The molecule has 156 valence electrons. The minimum atomic E-state index is -0.503. The second-order valence-corrected chi connectivity index (χ2v) is 8.65. The number of carbonyl (C=O) groups is 1. The predicted octanol–water partition coefficient (Wildman–Crippen LogP) is 5.03. The molecule has 1 aliphatic rings. The number of amides is 1. The van der Waals surface area contributed by atoms with E-state index in [0.717, 1.165) is 23.0 Å². The smallest absolute Gasteiger partial charge is 0.410 e. The Hall–Kier alpha value is -3.28. The summed E-state index contributed by atoms with van der Waals surface area (Å²) < 4.78 is 5.50. The summed E-state index contributed by atoms with van der Waals surface area (Å²) in [4.78, 5) is 18.9. The number of anilines is 1. The number of pyridine rings is 1. The van der Waals surface area contributed by atoms with Gasteiger partial charge in [-0.2, -0.15) is 0 Å². The molecule has 1 atom stereocenters. The average Bonchev–Trinajstić information content (AvgIpc) is 3.16. The fourth-order valence-corrected chi connectivity index (χ4v) is 3.71. The van der Waals surface area contributed by atoms with Crippen LogP contribution in [-0.2, 0) is 4.74 Å². The van der Waals surface area contributed by atoms with Crippen molar-refractivity contribution in [3.05, 3.63) is 54.6 Å². The summed E-state index contributed by atoms with van der Waals surface area (Å²) in [5.41, 5.74) is 2.68. The number of para-hydroxylation sites is 2. The van der Waals surface area contributed by atoms with Crippen molar-refractivity contribution in [3.63, 3.8) is 0 Å². The predicted molar refractivity (Wildman–Crippen MR) is 119 cm³/mol. The monoisotopic (exact) mass is 405 g/mol. The van der Waals surface area contributed by atoms with Crippen LogP contribution in [0.15, 0.2) is 54.6 Å². The summed E-state index contributed by atoms with van der Waals surface area (Å²) in [6.07, 6.45) is 0.559. The minimum absolute atomic E-state index is 0.112. The number of phenols is 1. The number of nitrogens with one attached hydrogen (secondary N) is 1. The van der Waals surface area contributed by atoms with Crippen LogP contribution in [0.3, 0.4) is 0 Å². The van der Waals surface area contributed by atoms with Crippen LogP contribution in [0, 0.1) is 0 Å². The number of aromatic nitrogens is 1. The van der Waals surface area contributed by atoms with Gasteiger partial charge in [0.25, 0.3) is 0 Å². The number of hydrogen-bond donors (Lipinski definition) is 2. The van der Waals surface area contributed by atoms with E-state index in [1.807, 2.05) is 63.2 Å². The van der Waals surface area contributed by atoms with Crippen molar-refractivity contribution in [2.24, 2.45) is 0 Å². The standard InChI is InChI=1S/C24H27N3O3/c1-24(2,3)30-23(29)27-13-12-16(15-27)25-20-14-21(18-9-5-7-11-22(18)28)26-19-10-6-4-8-17(19)20/h4-11,14,16,28H,12-13,15H2,1-3H3,(H,25,26). The van der Waals surface area contributed by atoms with Gasteiger partial charge in [0.05, 0.1) is 11.2 Å². The Morgan fingerprint density at radius 3 is 2.67 bits per heavy atom. The Kier molecular flexibility index (Phi) is 5.24. The molecule has 1 aliphatic heterocycles. The van der Waals surface area contributed by atoms with Crippen molar-refractivity contribution in [2.75, 3.05) is 18.4 Å². The molecule has 2 N–H and O–H groups in total. The molecular formula is C24H27N3O3. The van der Waals surface area contributed by atoms with Gasteiger partial charge >= 0.3 is 6.09 Å². The lowest BCUT2D eigenvalue weighted by Crippen LogP contribution is -2.36. The Bertz CT molecular complexity index is 1070. The molecule has 0 bridgehead atoms. The van der Waals surface area contributed by atoms with E-state index in [0.29, 0.717) is 24.3 Å². The van der Waals surface area contributed by atoms with Crippen molar-refractivity contribution >= 4 is 22.7 Å². The highest BCUT2D eigenvalue weighted by atomic mass is 16.6. The SMILES string of the molecule is CC(C)(C)OC(=O)N1CCC(Nc2cc(-c3ccccc3O)nc3ccccc23)C1. The maximum atomic E-state index is 12.4. The number of phenolic OH excluding ortho intramolecular Hbond substituents is 1. The number of rotatable bonds is 3. The second-order valence-electron chi connectivity index (χ2n) is 8.65. The van der Waals surface area contributed by atoms with E-state index in [-0.39, 0.29) is 17.9 Å². The number of likely N-dealkylation sites (tertiary alicyclic amines) is 1. The fraction of sp³-hybridized carbons (Fsp3) is 0.333. The van der Waals surface area contributed by atoms with Gasteiger partial charge in [-0.3, -0.25) is 0 Å². The molecule has 0 aliphatic carbocycles. The molecule has 1 fully saturated rings. The van der Waals surface area contributed by atoms with Crippen molar-refractivity contribution in [2.45, 2.75) is 38.8 Å². The molecule has 1 unspecified atom stereocenters. The zero-order valence-corrected chi connectivity index (χ0v) is 17.6. The van der Waals surface area contributed by atoms with Crippen LogP contribution in [0.25, 0.3) is 22.2 Å². The van der Waals surface area contributed by atoms with E-state index >= 15 is 0 Å². The summed E-state index contributed by atoms with van der Waals surface area (Å²) >= 11 is 0. The van der Waals surface area contributed by atoms with E-state index in [4.69, 9.17) is 9.72 Å². The van der Waals surface area contributed by atoms with E-state index < -0.39 is 5.60 Å². The number of nitrogens with zero attached hydrogens (tertiary/aromatic N) is 2. The van der Waals surface area contributed by atoms with Gasteiger partial charge < -0.3 is 20.1 Å². The van der Waals surface area contributed by atoms with Gasteiger partial charge in [0.1, 0.15) is 11.4 Å². The number of fused-ring (bicyclic) bond motifs is 1. The van der Waals surface area contributed by atoms with Gasteiger partial charge in [-0.15, -0.1) is 0 Å². The first-order chi connectivity index (χ1) is 14.3. The lowest BCUT2D eigenvalue weighted by atomic mass is 10.1. The minimum Gasteiger partial charge on any atom is -0.507 e. The molecule has 2 heterocycles. The second kappa shape index (κ2) is 7.86. The third-order valence-electron chi connectivity index (χ3n) is 5.10. The maximum Gasteiger partial charge on any atom is 0.410 e. The molecule has 30 heavy (non-hydrogen) atoms. The first-order valence-corrected chi connectivity index (χ1v) is 10.2. The van der Waals surface area contributed by atoms with Gasteiger partial charge in [0.15, 0.2) is 0 Å². The maximum absolute atomic E-state index is 12.4. The Morgan fingerprint density at radius 2 is 1.90 bits per heavy atom. The molecule has 1 saturated heterocycles. The van der Waals surface area contributed by atoms with Crippen LogP contribution in [0.2, 0.25) is 0 Å². The topological polar surface area (TPSA) is 74.7 Å². The first kappa shape index (κ1) is 20.0. The largest absolute Gasteiger partial charge is 0.507 e. The van der Waals surface area contributed by atoms with Gasteiger partial charge in [0.2, 0.25) is 0 Å². The molecule has 0 radical (unpaired) electrons. The summed E-state index contributed by atoms with van der Waals surface area (Å²) in [7, 11) is 0. The third kappa shape index (κ3) is 4.32. The quantitative estimate of drug-likeness (QED) is 0.639. The van der Waals surface area contributed by atoms with E-state index in [1.54, 1.807) is 17.0 Å². The van der Waals surface area contributed by atoms with Crippen molar-refractivity contribution in [1.29, 1.82) is 0 Å². The van der Waals surface area contributed by atoms with E-state index in [1.165, 1.54) is 0 Å². The van der Waals surface area contributed by atoms with Gasteiger partial charge in [-0.1, -0.05) is 30.3 Å². The molecule has 3 aromatic rings. The average molecular weight is 405 g/mol. The number of ether oxygens (including phenoxy) is 1. The van der Waals surface area contributed by atoms with Crippen molar-refractivity contribution in [1.82, 2.24) is 9.88 Å². The van der Waals surface area contributed by atoms with Crippen LogP contribution in [-0.4, -0.2) is 45.8 Å². The zero-order chi connectivity index (χ0) is 21.3. The summed E-state index contributed by atoms with van der Waals surface area (Å²) in [5.74, 6) is 0.197. The molecule has 1 aromatic heterocycles. The van der Waals surface area contributed by atoms with Gasteiger partial charge in [-0.25, -0.2) is 9.78 Å². The van der Waals surface area contributed by atoms with Crippen LogP contribution in [0.4, 0.5) is 10.5 Å². The van der Waals surface area contributed by atoms with Gasteiger partial charge in [-0.05, 0) is 51.5 Å². The van der Waals surface area contributed by atoms with Crippen LogP contribution in [0.5, 0.6) is 5.75 Å². The van der Waals surface area contributed by atoms with Crippen molar-refractivity contribution < 1.29 is 14.6 Å². The zero-order valence-electron chi connectivity index (χ0n) is 17.6. The number of benzene rings is 2. The molecule has 6 nitrogen and oxygen atoms in total. The van der Waals surface area contributed by atoms with Crippen LogP contribution >= 0.6 is 0 Å². The summed E-state index contributed by atoms with van der Waals surface area (Å²) in [6.45, 7) is 6.86. The van der Waals surface area contributed by atoms with Gasteiger partial charge in [0, 0.05) is 35.8 Å². The Labute approximate surface area is 176 Å². The molecule has 1 amide bonds. The van der Waals surface area contributed by atoms with E-state index in [2.05, 4.69) is 5.32 Å².